The number of ether oxygens (including phenoxy) is 2. The molecule has 1 aromatic carbocycles. The van der Waals surface area contributed by atoms with Crippen molar-refractivity contribution in [3.63, 3.8) is 0 Å². The number of carboxylic acid groups (broad SMARTS) is 1. The summed E-state index contributed by atoms with van der Waals surface area (Å²) in [6.45, 7) is 0. The first-order valence-corrected chi connectivity index (χ1v) is 6.74. The van der Waals surface area contributed by atoms with Crippen LogP contribution in [0.2, 0.25) is 0 Å². The number of aliphatic carboxylic acids is 1. The Morgan fingerprint density at radius 2 is 2.05 bits per heavy atom. The molecule has 2 saturated carbocycles. The van der Waals surface area contributed by atoms with Crippen molar-refractivity contribution in [2.75, 3.05) is 7.11 Å². The smallest absolute Gasteiger partial charge is 0.314 e. The van der Waals surface area contributed by atoms with E-state index in [1.807, 2.05) is 18.2 Å². The van der Waals surface area contributed by atoms with Gasteiger partial charge in [0.15, 0.2) is 11.5 Å². The predicted molar refractivity (Wildman–Crippen MR) is 69.8 cm³/mol. The average Bonchev–Trinajstić information content (AvgIpc) is 3.15. The van der Waals surface area contributed by atoms with Gasteiger partial charge in [0, 0.05) is 0 Å². The number of carboxylic acids is 1. The van der Waals surface area contributed by atoms with Gasteiger partial charge in [0.25, 0.3) is 0 Å². The second kappa shape index (κ2) is 4.44. The SMILES string of the molecule is COc1cc(C2(C(=O)O)CC2)ccc1OC1CCC1. The Kier molecular flexibility index (Phi) is 2.88. The van der Waals surface area contributed by atoms with Crippen molar-refractivity contribution in [1.29, 1.82) is 0 Å². The van der Waals surface area contributed by atoms with E-state index < -0.39 is 11.4 Å². The number of methoxy groups -OCH3 is 1. The van der Waals surface area contributed by atoms with Crippen LogP contribution in [0.4, 0.5) is 0 Å². The van der Waals surface area contributed by atoms with Gasteiger partial charge in [0.2, 0.25) is 0 Å². The molecule has 0 aliphatic heterocycles. The summed E-state index contributed by atoms with van der Waals surface area (Å²) in [5.74, 6) is 0.608. The lowest BCUT2D eigenvalue weighted by Crippen LogP contribution is -2.25. The Morgan fingerprint density at radius 3 is 2.53 bits per heavy atom. The van der Waals surface area contributed by atoms with E-state index in [9.17, 15) is 9.90 Å². The Labute approximate surface area is 112 Å². The first-order chi connectivity index (χ1) is 9.15. The van der Waals surface area contributed by atoms with E-state index in [0.717, 1.165) is 24.2 Å². The lowest BCUT2D eigenvalue weighted by Gasteiger charge is -2.27. The van der Waals surface area contributed by atoms with Crippen LogP contribution < -0.4 is 9.47 Å². The van der Waals surface area contributed by atoms with E-state index in [0.29, 0.717) is 18.6 Å². The molecule has 0 unspecified atom stereocenters. The quantitative estimate of drug-likeness (QED) is 0.886. The standard InChI is InChI=1S/C15H18O4/c1-18-13-9-10(15(7-8-15)14(16)17)5-6-12(13)19-11-3-2-4-11/h5-6,9,11H,2-4,7-8H2,1H3,(H,16,17). The van der Waals surface area contributed by atoms with Gasteiger partial charge >= 0.3 is 5.97 Å². The van der Waals surface area contributed by atoms with Crippen molar-refractivity contribution in [2.24, 2.45) is 0 Å². The fraction of sp³-hybridized carbons (Fsp3) is 0.533. The van der Waals surface area contributed by atoms with Crippen LogP contribution >= 0.6 is 0 Å². The van der Waals surface area contributed by atoms with E-state index in [1.54, 1.807) is 7.11 Å². The molecule has 102 valence electrons. The zero-order valence-electron chi connectivity index (χ0n) is 11.0. The molecule has 4 nitrogen and oxygen atoms in total. The third kappa shape index (κ3) is 2.05. The van der Waals surface area contributed by atoms with Gasteiger partial charge in [-0.15, -0.1) is 0 Å². The van der Waals surface area contributed by atoms with Crippen LogP contribution in [0.25, 0.3) is 0 Å². The summed E-state index contributed by atoms with van der Waals surface area (Å²) in [5.41, 5.74) is 0.125. The van der Waals surface area contributed by atoms with Crippen LogP contribution in [0.1, 0.15) is 37.7 Å². The van der Waals surface area contributed by atoms with Gasteiger partial charge in [-0.25, -0.2) is 0 Å². The van der Waals surface area contributed by atoms with Gasteiger partial charge in [-0.2, -0.15) is 0 Å². The number of hydrogen-bond acceptors (Lipinski definition) is 3. The van der Waals surface area contributed by atoms with Crippen LogP contribution in [-0.2, 0) is 10.2 Å². The van der Waals surface area contributed by atoms with Crippen LogP contribution in [0.15, 0.2) is 18.2 Å². The van der Waals surface area contributed by atoms with Crippen LogP contribution in [0.3, 0.4) is 0 Å². The van der Waals surface area contributed by atoms with E-state index in [1.165, 1.54) is 6.42 Å². The van der Waals surface area contributed by atoms with Crippen molar-refractivity contribution in [2.45, 2.75) is 43.6 Å². The number of benzene rings is 1. The Hall–Kier alpha value is -1.71. The molecule has 1 N–H and O–H groups in total. The molecule has 0 bridgehead atoms. The van der Waals surface area contributed by atoms with Crippen molar-refractivity contribution in [3.05, 3.63) is 23.8 Å². The van der Waals surface area contributed by atoms with Crippen molar-refractivity contribution < 1.29 is 19.4 Å². The maximum absolute atomic E-state index is 11.3. The minimum atomic E-state index is -0.748. The Bertz CT molecular complexity index is 501. The molecule has 2 aliphatic carbocycles. The summed E-state index contributed by atoms with van der Waals surface area (Å²) in [6, 6.07) is 5.52. The lowest BCUT2D eigenvalue weighted by molar-refractivity contribution is -0.140. The summed E-state index contributed by atoms with van der Waals surface area (Å²) in [7, 11) is 1.59. The molecule has 0 spiro atoms. The van der Waals surface area contributed by atoms with Crippen molar-refractivity contribution in [3.8, 4) is 11.5 Å². The van der Waals surface area contributed by atoms with Gasteiger partial charge in [0.1, 0.15) is 0 Å². The topological polar surface area (TPSA) is 55.8 Å². The van der Waals surface area contributed by atoms with Crippen LogP contribution in [0.5, 0.6) is 11.5 Å². The summed E-state index contributed by atoms with van der Waals surface area (Å²) in [6.07, 6.45) is 5.08. The van der Waals surface area contributed by atoms with Gasteiger partial charge in [0.05, 0.1) is 18.6 Å². The van der Waals surface area contributed by atoms with Crippen molar-refractivity contribution >= 4 is 5.97 Å². The molecule has 0 aromatic heterocycles. The molecule has 0 radical (unpaired) electrons. The highest BCUT2D eigenvalue weighted by Gasteiger charge is 2.52. The number of hydrogen-bond donors (Lipinski definition) is 1. The molecule has 0 heterocycles. The second-order valence-corrected chi connectivity index (χ2v) is 5.42. The highest BCUT2D eigenvalue weighted by atomic mass is 16.5. The van der Waals surface area contributed by atoms with Gasteiger partial charge in [-0.1, -0.05) is 6.07 Å². The maximum Gasteiger partial charge on any atom is 0.314 e. The highest BCUT2D eigenvalue weighted by Crippen LogP contribution is 2.50. The molecule has 2 aliphatic rings. The zero-order chi connectivity index (χ0) is 13.5. The summed E-state index contributed by atoms with van der Waals surface area (Å²) in [4.78, 5) is 11.3. The molecular weight excluding hydrogens is 244 g/mol. The molecule has 2 fully saturated rings. The fourth-order valence-electron chi connectivity index (χ4n) is 2.48. The first-order valence-electron chi connectivity index (χ1n) is 6.74. The molecule has 3 rings (SSSR count). The van der Waals surface area contributed by atoms with Crippen LogP contribution in [0, 0.1) is 0 Å². The maximum atomic E-state index is 11.3. The van der Waals surface area contributed by atoms with Gasteiger partial charge in [-0.3, -0.25) is 4.79 Å². The van der Waals surface area contributed by atoms with E-state index in [2.05, 4.69) is 0 Å². The van der Waals surface area contributed by atoms with E-state index in [4.69, 9.17) is 9.47 Å². The number of carbonyl (C=O) groups is 1. The fourth-order valence-corrected chi connectivity index (χ4v) is 2.48. The normalized spacial score (nSPS) is 20.5. The predicted octanol–water partition coefficient (Wildman–Crippen LogP) is 2.74. The summed E-state index contributed by atoms with van der Waals surface area (Å²) < 4.78 is 11.2. The zero-order valence-corrected chi connectivity index (χ0v) is 11.0. The summed E-state index contributed by atoms with van der Waals surface area (Å²) in [5, 5.41) is 9.31. The summed E-state index contributed by atoms with van der Waals surface area (Å²) >= 11 is 0. The molecule has 0 atom stereocenters. The van der Waals surface area contributed by atoms with Crippen LogP contribution in [-0.4, -0.2) is 24.3 Å². The number of rotatable bonds is 5. The monoisotopic (exact) mass is 262 g/mol. The molecular formula is C15H18O4. The minimum absolute atomic E-state index is 0.286. The van der Waals surface area contributed by atoms with E-state index >= 15 is 0 Å². The molecule has 0 saturated heterocycles. The third-order valence-electron chi connectivity index (χ3n) is 4.22. The lowest BCUT2D eigenvalue weighted by atomic mass is 9.95. The third-order valence-corrected chi connectivity index (χ3v) is 4.22. The van der Waals surface area contributed by atoms with Gasteiger partial charge in [-0.05, 0) is 49.8 Å². The first kappa shape index (κ1) is 12.3. The molecule has 4 heteroatoms. The Morgan fingerprint density at radius 1 is 1.32 bits per heavy atom. The van der Waals surface area contributed by atoms with Crippen molar-refractivity contribution in [1.82, 2.24) is 0 Å². The minimum Gasteiger partial charge on any atom is -0.493 e. The van der Waals surface area contributed by atoms with Gasteiger partial charge < -0.3 is 14.6 Å². The molecule has 1 aromatic rings. The molecule has 0 amide bonds. The largest absolute Gasteiger partial charge is 0.493 e. The second-order valence-electron chi connectivity index (χ2n) is 5.42. The molecule has 19 heavy (non-hydrogen) atoms. The Balaban J connectivity index is 1.86. The average molecular weight is 262 g/mol. The van der Waals surface area contributed by atoms with E-state index in [-0.39, 0.29) is 6.10 Å². The highest BCUT2D eigenvalue weighted by molar-refractivity contribution is 5.85.